The number of nitrogens with zero attached hydrogens (tertiary/aromatic N) is 1. The molecule has 0 saturated heterocycles. The zero-order chi connectivity index (χ0) is 22.3. The summed E-state index contributed by atoms with van der Waals surface area (Å²) >= 11 is 0. The Kier molecular flexibility index (Phi) is 4.93. The summed E-state index contributed by atoms with van der Waals surface area (Å²) in [6.07, 6.45) is 9.70. The Hall–Kier alpha value is -3.67. The van der Waals surface area contributed by atoms with Crippen molar-refractivity contribution in [2.24, 2.45) is 0 Å². The van der Waals surface area contributed by atoms with Crippen molar-refractivity contribution in [2.75, 3.05) is 27.9 Å². The van der Waals surface area contributed by atoms with Crippen molar-refractivity contribution in [3.8, 4) is 23.0 Å². The first-order valence-electron chi connectivity index (χ1n) is 10.5. The van der Waals surface area contributed by atoms with Crippen LogP contribution in [0, 0.1) is 0 Å². The molecule has 5 rings (SSSR count). The maximum atomic E-state index is 13.7. The molecule has 0 bridgehead atoms. The number of amides is 1. The van der Waals surface area contributed by atoms with Gasteiger partial charge in [-0.15, -0.1) is 0 Å². The molecule has 1 atom stereocenters. The third kappa shape index (κ3) is 3.14. The average Bonchev–Trinajstić information content (AvgIpc) is 3.20. The van der Waals surface area contributed by atoms with Gasteiger partial charge in [-0.25, -0.2) is 0 Å². The van der Waals surface area contributed by atoms with E-state index >= 15 is 0 Å². The topological polar surface area (TPSA) is 57.2 Å². The second-order valence-corrected chi connectivity index (χ2v) is 8.09. The Labute approximate surface area is 187 Å². The third-order valence-electron chi connectivity index (χ3n) is 6.24. The molecule has 3 aliphatic rings. The number of carbonyl (C=O) groups excluding carboxylic acids is 1. The van der Waals surface area contributed by atoms with E-state index in [4.69, 9.17) is 18.9 Å². The fourth-order valence-electron chi connectivity index (χ4n) is 4.78. The lowest BCUT2D eigenvalue weighted by Crippen LogP contribution is -2.52. The molecule has 2 heterocycles. The van der Waals surface area contributed by atoms with E-state index < -0.39 is 5.60 Å². The number of hydrogen-bond donors (Lipinski definition) is 0. The Morgan fingerprint density at radius 3 is 2.50 bits per heavy atom. The van der Waals surface area contributed by atoms with Crippen LogP contribution in [0.15, 0.2) is 72.0 Å². The Bertz CT molecular complexity index is 1130. The standard InChI is InChI=1S/C26H25NO5/c1-29-22-12-19(13-23(30-2)24(22)31-3)25(28)27-15-18-9-4-6-10-20(18)26(16-27)14-17-8-5-7-11-21(17)32-26/h4-8,10-13,15H,9,14,16H2,1-3H3. The van der Waals surface area contributed by atoms with Gasteiger partial charge in [0.05, 0.1) is 27.9 Å². The molecule has 0 N–H and O–H groups in total. The van der Waals surface area contributed by atoms with Crippen molar-refractivity contribution in [1.82, 2.24) is 4.90 Å². The van der Waals surface area contributed by atoms with Crippen molar-refractivity contribution in [1.29, 1.82) is 0 Å². The molecule has 164 valence electrons. The highest BCUT2D eigenvalue weighted by Gasteiger charge is 2.48. The van der Waals surface area contributed by atoms with Gasteiger partial charge in [-0.05, 0) is 35.8 Å². The maximum Gasteiger partial charge on any atom is 0.258 e. The molecule has 1 spiro atoms. The van der Waals surface area contributed by atoms with Crippen LogP contribution in [0.5, 0.6) is 23.0 Å². The summed E-state index contributed by atoms with van der Waals surface area (Å²) in [7, 11) is 4.62. The molecule has 2 aliphatic heterocycles. The summed E-state index contributed by atoms with van der Waals surface area (Å²) in [5.41, 5.74) is 3.25. The van der Waals surface area contributed by atoms with Gasteiger partial charge in [0.1, 0.15) is 5.75 Å². The molecule has 0 saturated carbocycles. The van der Waals surface area contributed by atoms with E-state index in [-0.39, 0.29) is 5.91 Å². The quantitative estimate of drug-likeness (QED) is 0.722. The second-order valence-electron chi connectivity index (χ2n) is 8.09. The van der Waals surface area contributed by atoms with Crippen LogP contribution in [0.1, 0.15) is 22.3 Å². The van der Waals surface area contributed by atoms with E-state index in [0.29, 0.717) is 29.4 Å². The van der Waals surface area contributed by atoms with Crippen LogP contribution in [0.3, 0.4) is 0 Å². The Morgan fingerprint density at radius 2 is 1.81 bits per heavy atom. The second kappa shape index (κ2) is 7.79. The lowest BCUT2D eigenvalue weighted by atomic mass is 9.79. The predicted octanol–water partition coefficient (Wildman–Crippen LogP) is 4.31. The molecule has 1 aliphatic carbocycles. The van der Waals surface area contributed by atoms with Crippen LogP contribution >= 0.6 is 0 Å². The minimum atomic E-state index is -0.602. The minimum absolute atomic E-state index is 0.149. The highest BCUT2D eigenvalue weighted by Crippen LogP contribution is 2.46. The van der Waals surface area contributed by atoms with Crippen LogP contribution in [-0.2, 0) is 6.42 Å². The number of benzene rings is 2. The summed E-state index contributed by atoms with van der Waals surface area (Å²) in [5, 5.41) is 0. The van der Waals surface area contributed by atoms with Crippen LogP contribution in [0.2, 0.25) is 0 Å². The lowest BCUT2D eigenvalue weighted by molar-refractivity contribution is 0.0602. The minimum Gasteiger partial charge on any atom is -0.493 e. The number of rotatable bonds is 4. The van der Waals surface area contributed by atoms with Crippen LogP contribution in [0.25, 0.3) is 0 Å². The molecule has 1 amide bonds. The predicted molar refractivity (Wildman–Crippen MR) is 121 cm³/mol. The molecule has 0 radical (unpaired) electrons. The van der Waals surface area contributed by atoms with Crippen molar-refractivity contribution in [3.05, 3.63) is 83.1 Å². The van der Waals surface area contributed by atoms with Crippen LogP contribution in [0.4, 0.5) is 0 Å². The van der Waals surface area contributed by atoms with Crippen molar-refractivity contribution in [3.63, 3.8) is 0 Å². The molecule has 2 aromatic rings. The number of allylic oxidation sites excluding steroid dienone is 3. The Balaban J connectivity index is 1.55. The van der Waals surface area contributed by atoms with Crippen molar-refractivity contribution >= 4 is 5.91 Å². The van der Waals surface area contributed by atoms with Gasteiger partial charge >= 0.3 is 0 Å². The zero-order valence-corrected chi connectivity index (χ0v) is 18.4. The van der Waals surface area contributed by atoms with Gasteiger partial charge in [-0.3, -0.25) is 4.79 Å². The molecule has 6 heteroatoms. The van der Waals surface area contributed by atoms with Gasteiger partial charge in [0.2, 0.25) is 5.75 Å². The lowest BCUT2D eigenvalue weighted by Gasteiger charge is -2.41. The molecule has 6 nitrogen and oxygen atoms in total. The first kappa shape index (κ1) is 20.2. The fourth-order valence-corrected chi connectivity index (χ4v) is 4.78. The maximum absolute atomic E-state index is 13.7. The molecular formula is C26H25NO5. The van der Waals surface area contributed by atoms with E-state index in [9.17, 15) is 4.79 Å². The van der Waals surface area contributed by atoms with E-state index in [0.717, 1.165) is 35.3 Å². The average molecular weight is 431 g/mol. The highest BCUT2D eigenvalue weighted by molar-refractivity contribution is 5.96. The number of ether oxygens (including phenoxy) is 4. The first-order chi connectivity index (χ1) is 15.6. The van der Waals surface area contributed by atoms with E-state index in [1.165, 1.54) is 0 Å². The van der Waals surface area contributed by atoms with Gasteiger partial charge in [-0.2, -0.15) is 0 Å². The highest BCUT2D eigenvalue weighted by atomic mass is 16.5. The van der Waals surface area contributed by atoms with Gasteiger partial charge in [0.25, 0.3) is 5.91 Å². The molecule has 2 aromatic carbocycles. The number of para-hydroxylation sites is 1. The first-order valence-corrected chi connectivity index (χ1v) is 10.5. The molecule has 1 unspecified atom stereocenters. The molecule has 0 aromatic heterocycles. The van der Waals surface area contributed by atoms with Crippen molar-refractivity contribution in [2.45, 2.75) is 18.4 Å². The summed E-state index contributed by atoms with van der Waals surface area (Å²) in [6, 6.07) is 11.5. The molecule has 0 fully saturated rings. The zero-order valence-electron chi connectivity index (χ0n) is 18.4. The van der Waals surface area contributed by atoms with Gasteiger partial charge in [-0.1, -0.05) is 36.4 Å². The van der Waals surface area contributed by atoms with Gasteiger partial charge in [0.15, 0.2) is 17.1 Å². The van der Waals surface area contributed by atoms with Crippen LogP contribution in [-0.4, -0.2) is 44.3 Å². The van der Waals surface area contributed by atoms with E-state index in [2.05, 4.69) is 24.3 Å². The normalized spacial score (nSPS) is 20.7. The monoisotopic (exact) mass is 431 g/mol. The van der Waals surface area contributed by atoms with Crippen LogP contribution < -0.4 is 18.9 Å². The SMILES string of the molecule is COc1cc(C(=O)N2C=C3CC=CC=C3C3(Cc4ccccc4O3)C2)cc(OC)c1OC. The number of carbonyl (C=O) groups is 1. The number of hydrogen-bond acceptors (Lipinski definition) is 5. The van der Waals surface area contributed by atoms with Gasteiger partial charge in [0, 0.05) is 23.8 Å². The molecular weight excluding hydrogens is 406 g/mol. The summed E-state index contributed by atoms with van der Waals surface area (Å²) in [5.74, 6) is 2.08. The number of fused-ring (bicyclic) bond motifs is 3. The number of methoxy groups -OCH3 is 3. The third-order valence-corrected chi connectivity index (χ3v) is 6.24. The fraction of sp³-hybridized carbons (Fsp3) is 0.269. The van der Waals surface area contributed by atoms with E-state index in [1.54, 1.807) is 38.4 Å². The smallest absolute Gasteiger partial charge is 0.258 e. The largest absolute Gasteiger partial charge is 0.493 e. The summed E-state index contributed by atoms with van der Waals surface area (Å²) in [4.78, 5) is 15.4. The summed E-state index contributed by atoms with van der Waals surface area (Å²) in [6.45, 7) is 0.417. The van der Waals surface area contributed by atoms with Crippen molar-refractivity contribution < 1.29 is 23.7 Å². The Morgan fingerprint density at radius 1 is 1.06 bits per heavy atom. The molecule has 32 heavy (non-hydrogen) atoms. The van der Waals surface area contributed by atoms with Gasteiger partial charge < -0.3 is 23.8 Å². The summed E-state index contributed by atoms with van der Waals surface area (Å²) < 4.78 is 22.8. The van der Waals surface area contributed by atoms with E-state index in [1.807, 2.05) is 24.4 Å².